The normalized spacial score (nSPS) is 25.4. The molecule has 2 atom stereocenters. The molecule has 1 fully saturated rings. The van der Waals surface area contributed by atoms with Crippen molar-refractivity contribution in [3.63, 3.8) is 0 Å². The highest BCUT2D eigenvalue weighted by Gasteiger charge is 2.47. The predicted octanol–water partition coefficient (Wildman–Crippen LogP) is 4.65. The van der Waals surface area contributed by atoms with Gasteiger partial charge in [0.2, 0.25) is 0 Å². The molecule has 0 saturated heterocycles. The fraction of sp³-hybridized carbons (Fsp3) is 0.588. The lowest BCUT2D eigenvalue weighted by Crippen LogP contribution is -2.55. The molecule has 0 heterocycles. The van der Waals surface area contributed by atoms with Gasteiger partial charge in [-0.2, -0.15) is 0 Å². The van der Waals surface area contributed by atoms with Crippen molar-refractivity contribution in [3.05, 3.63) is 29.3 Å². The third kappa shape index (κ3) is 3.52. The Hall–Kier alpha value is -1.22. The number of carbonyl (C=O) groups is 1. The SMILES string of the molecule is CCOC(=O)C1(Nc2ccc(Cl)cc2)CCCCC1CC. The molecule has 1 aromatic carbocycles. The molecule has 4 heteroatoms. The third-order valence-corrected chi connectivity index (χ3v) is 4.67. The summed E-state index contributed by atoms with van der Waals surface area (Å²) in [6, 6.07) is 7.52. The minimum absolute atomic E-state index is 0.119. The third-order valence-electron chi connectivity index (χ3n) is 4.41. The Morgan fingerprint density at radius 3 is 2.67 bits per heavy atom. The van der Waals surface area contributed by atoms with Crippen molar-refractivity contribution in [3.8, 4) is 0 Å². The minimum Gasteiger partial charge on any atom is -0.464 e. The van der Waals surface area contributed by atoms with Gasteiger partial charge in [0.1, 0.15) is 5.54 Å². The van der Waals surface area contributed by atoms with Gasteiger partial charge in [-0.1, -0.05) is 37.8 Å². The van der Waals surface area contributed by atoms with Crippen molar-refractivity contribution >= 4 is 23.3 Å². The van der Waals surface area contributed by atoms with Crippen LogP contribution in [0, 0.1) is 5.92 Å². The number of ether oxygens (including phenoxy) is 1. The van der Waals surface area contributed by atoms with Gasteiger partial charge < -0.3 is 10.1 Å². The average Bonchev–Trinajstić information content (AvgIpc) is 2.50. The smallest absolute Gasteiger partial charge is 0.332 e. The van der Waals surface area contributed by atoms with Crippen molar-refractivity contribution in [1.82, 2.24) is 0 Å². The van der Waals surface area contributed by atoms with Crippen LogP contribution < -0.4 is 5.32 Å². The number of hydrogen-bond acceptors (Lipinski definition) is 3. The highest BCUT2D eigenvalue weighted by molar-refractivity contribution is 6.30. The van der Waals surface area contributed by atoms with E-state index in [4.69, 9.17) is 16.3 Å². The molecular weight excluding hydrogens is 286 g/mol. The summed E-state index contributed by atoms with van der Waals surface area (Å²) in [4.78, 5) is 12.6. The minimum atomic E-state index is -0.600. The second-order valence-corrected chi connectivity index (χ2v) is 6.11. The number of hydrogen-bond donors (Lipinski definition) is 1. The first kappa shape index (κ1) is 16.2. The van der Waals surface area contributed by atoms with E-state index in [-0.39, 0.29) is 5.97 Å². The highest BCUT2D eigenvalue weighted by Crippen LogP contribution is 2.39. The van der Waals surface area contributed by atoms with Crippen molar-refractivity contribution in [2.45, 2.75) is 51.5 Å². The van der Waals surface area contributed by atoms with E-state index in [1.54, 1.807) is 0 Å². The summed E-state index contributed by atoms with van der Waals surface area (Å²) >= 11 is 5.94. The van der Waals surface area contributed by atoms with Gasteiger partial charge in [0.05, 0.1) is 6.61 Å². The lowest BCUT2D eigenvalue weighted by molar-refractivity contribution is -0.152. The second-order valence-electron chi connectivity index (χ2n) is 5.67. The number of halogens is 1. The predicted molar refractivity (Wildman–Crippen MR) is 86.7 cm³/mol. The molecule has 0 radical (unpaired) electrons. The first-order chi connectivity index (χ1) is 10.1. The van der Waals surface area contributed by atoms with Gasteiger partial charge in [0.25, 0.3) is 0 Å². The van der Waals surface area contributed by atoms with Gasteiger partial charge >= 0.3 is 5.97 Å². The van der Waals surface area contributed by atoms with Gasteiger partial charge in [-0.3, -0.25) is 0 Å². The molecule has 1 saturated carbocycles. The number of esters is 1. The maximum atomic E-state index is 12.6. The van der Waals surface area contributed by atoms with Crippen LogP contribution in [-0.2, 0) is 9.53 Å². The molecule has 3 nitrogen and oxygen atoms in total. The fourth-order valence-electron chi connectivity index (χ4n) is 3.33. The van der Waals surface area contributed by atoms with Crippen LogP contribution >= 0.6 is 11.6 Å². The maximum Gasteiger partial charge on any atom is 0.332 e. The lowest BCUT2D eigenvalue weighted by atomic mass is 9.71. The van der Waals surface area contributed by atoms with Crippen LogP contribution in [0.2, 0.25) is 5.02 Å². The highest BCUT2D eigenvalue weighted by atomic mass is 35.5. The van der Waals surface area contributed by atoms with Gasteiger partial charge in [-0.05, 0) is 49.9 Å². The fourth-order valence-corrected chi connectivity index (χ4v) is 3.46. The van der Waals surface area contributed by atoms with E-state index in [2.05, 4.69) is 12.2 Å². The van der Waals surface area contributed by atoms with Crippen LogP contribution in [-0.4, -0.2) is 18.1 Å². The van der Waals surface area contributed by atoms with Gasteiger partial charge in [0, 0.05) is 10.7 Å². The van der Waals surface area contributed by atoms with Crippen LogP contribution in [0.3, 0.4) is 0 Å². The van der Waals surface area contributed by atoms with E-state index in [0.29, 0.717) is 17.5 Å². The molecule has 1 N–H and O–H groups in total. The first-order valence-electron chi connectivity index (χ1n) is 7.83. The number of anilines is 1. The number of benzene rings is 1. The molecule has 0 bridgehead atoms. The average molecular weight is 310 g/mol. The van der Waals surface area contributed by atoms with E-state index in [0.717, 1.165) is 31.4 Å². The van der Waals surface area contributed by atoms with Crippen LogP contribution in [0.25, 0.3) is 0 Å². The quantitative estimate of drug-likeness (QED) is 0.804. The summed E-state index contributed by atoms with van der Waals surface area (Å²) in [5.41, 5.74) is 0.324. The Morgan fingerprint density at radius 1 is 1.33 bits per heavy atom. The zero-order valence-electron chi connectivity index (χ0n) is 12.8. The van der Waals surface area contributed by atoms with Crippen LogP contribution in [0.4, 0.5) is 5.69 Å². The van der Waals surface area contributed by atoms with E-state index in [9.17, 15) is 4.79 Å². The Bertz CT molecular complexity index is 474. The molecule has 0 spiro atoms. The zero-order chi connectivity index (χ0) is 15.3. The molecule has 0 aromatic heterocycles. The van der Waals surface area contributed by atoms with E-state index in [1.807, 2.05) is 31.2 Å². The van der Waals surface area contributed by atoms with Crippen molar-refractivity contribution in [2.75, 3.05) is 11.9 Å². The van der Waals surface area contributed by atoms with Crippen molar-refractivity contribution < 1.29 is 9.53 Å². The number of rotatable bonds is 5. The summed E-state index contributed by atoms with van der Waals surface area (Å²) in [6.45, 7) is 4.42. The molecular formula is C17H24ClNO2. The summed E-state index contributed by atoms with van der Waals surface area (Å²) in [5.74, 6) is 0.187. The molecule has 2 unspecified atom stereocenters. The molecule has 0 amide bonds. The van der Waals surface area contributed by atoms with Crippen molar-refractivity contribution in [1.29, 1.82) is 0 Å². The van der Waals surface area contributed by atoms with Gasteiger partial charge in [-0.25, -0.2) is 4.79 Å². The van der Waals surface area contributed by atoms with Crippen LogP contribution in [0.5, 0.6) is 0 Å². The summed E-state index contributed by atoms with van der Waals surface area (Å²) in [5, 5.41) is 4.17. The van der Waals surface area contributed by atoms with Crippen molar-refractivity contribution in [2.24, 2.45) is 5.92 Å². The standard InChI is InChI=1S/C17H24ClNO2/c1-3-13-7-5-6-12-17(13,16(20)21-4-2)19-15-10-8-14(18)9-11-15/h8-11,13,19H,3-7,12H2,1-2H3. The Morgan fingerprint density at radius 2 is 2.05 bits per heavy atom. The van der Waals surface area contributed by atoms with Crippen LogP contribution in [0.15, 0.2) is 24.3 Å². The largest absolute Gasteiger partial charge is 0.464 e. The molecule has 116 valence electrons. The van der Waals surface area contributed by atoms with E-state index >= 15 is 0 Å². The maximum absolute atomic E-state index is 12.6. The molecule has 2 rings (SSSR count). The second kappa shape index (κ2) is 7.17. The van der Waals surface area contributed by atoms with E-state index in [1.165, 1.54) is 6.42 Å². The zero-order valence-corrected chi connectivity index (χ0v) is 13.6. The monoisotopic (exact) mass is 309 g/mol. The Labute approximate surface area is 132 Å². The number of nitrogens with one attached hydrogen (secondary N) is 1. The Balaban J connectivity index is 2.30. The Kier molecular flexibility index (Phi) is 5.51. The number of carbonyl (C=O) groups excluding carboxylic acids is 1. The van der Waals surface area contributed by atoms with Gasteiger partial charge in [-0.15, -0.1) is 0 Å². The first-order valence-corrected chi connectivity index (χ1v) is 8.21. The molecule has 0 aliphatic heterocycles. The molecule has 1 aromatic rings. The van der Waals surface area contributed by atoms with Gasteiger partial charge in [0.15, 0.2) is 0 Å². The molecule has 1 aliphatic rings. The lowest BCUT2D eigenvalue weighted by Gasteiger charge is -2.43. The van der Waals surface area contributed by atoms with E-state index < -0.39 is 5.54 Å². The summed E-state index contributed by atoms with van der Waals surface area (Å²) in [7, 11) is 0. The summed E-state index contributed by atoms with van der Waals surface area (Å²) in [6.07, 6.45) is 5.10. The topological polar surface area (TPSA) is 38.3 Å². The van der Waals surface area contributed by atoms with Crippen LogP contribution in [0.1, 0.15) is 46.0 Å². The molecule has 1 aliphatic carbocycles. The molecule has 21 heavy (non-hydrogen) atoms. The summed E-state index contributed by atoms with van der Waals surface area (Å²) < 4.78 is 5.39.